The Morgan fingerprint density at radius 3 is 2.52 bits per heavy atom. The van der Waals surface area contributed by atoms with Crippen molar-refractivity contribution in [3.63, 3.8) is 0 Å². The van der Waals surface area contributed by atoms with Gasteiger partial charge in [-0.1, -0.05) is 25.1 Å². The van der Waals surface area contributed by atoms with Crippen molar-refractivity contribution in [2.45, 2.75) is 26.2 Å². The summed E-state index contributed by atoms with van der Waals surface area (Å²) in [5.41, 5.74) is 9.65. The van der Waals surface area contributed by atoms with E-state index in [0.29, 0.717) is 23.8 Å². The molecule has 0 fully saturated rings. The number of fused-ring (bicyclic) bond motifs is 1. The number of aliphatic hydroxyl groups is 1. The van der Waals surface area contributed by atoms with Crippen molar-refractivity contribution >= 4 is 0 Å². The molecule has 0 saturated heterocycles. The number of aliphatic hydroxyl groups excluding tert-OH is 1. The molecule has 2 aromatic carbocycles. The highest BCUT2D eigenvalue weighted by Crippen LogP contribution is 2.47. The number of allylic oxidation sites excluding steroid dienone is 1. The Kier molecular flexibility index (Phi) is 7.95. The Morgan fingerprint density at radius 2 is 1.88 bits per heavy atom. The summed E-state index contributed by atoms with van der Waals surface area (Å²) in [6.07, 6.45) is 0.874. The number of rotatable bonds is 6. The van der Waals surface area contributed by atoms with E-state index in [1.807, 2.05) is 55.5 Å². The Morgan fingerprint density at radius 1 is 1.18 bits per heavy atom. The summed E-state index contributed by atoms with van der Waals surface area (Å²) in [5, 5.41) is 24.8. The molecule has 0 saturated carbocycles. The molecule has 8 nitrogen and oxygen atoms in total. The van der Waals surface area contributed by atoms with Crippen LogP contribution in [0.2, 0.25) is 0 Å². The third-order valence-corrected chi connectivity index (χ3v) is 5.01. The minimum Gasteiger partial charge on any atom is -0.497 e. The Labute approximate surface area is 193 Å². The fourth-order valence-electron chi connectivity index (χ4n) is 3.60. The largest absolute Gasteiger partial charge is 0.497 e. The van der Waals surface area contributed by atoms with E-state index in [4.69, 9.17) is 25.1 Å². The number of nitrogens with two attached hydrogens (primary N) is 1. The fraction of sp³-hybridized carbons (Fsp3) is 0.280. The van der Waals surface area contributed by atoms with E-state index >= 15 is 0 Å². The number of hydrogen-bond donors (Lipinski definition) is 3. The summed E-state index contributed by atoms with van der Waals surface area (Å²) in [4.78, 5) is 0. The Balaban J connectivity index is 0.000000968. The first-order valence-electron chi connectivity index (χ1n) is 10.7. The van der Waals surface area contributed by atoms with Crippen LogP contribution in [0, 0.1) is 11.3 Å². The molecule has 172 valence electrons. The molecule has 0 aliphatic carbocycles. The number of nitriles is 1. The average Bonchev–Trinajstić information content (AvgIpc) is 3.26. The van der Waals surface area contributed by atoms with Crippen LogP contribution in [0.1, 0.15) is 37.3 Å². The minimum absolute atomic E-state index is 0.0491. The molecular formula is C25H28N4O4. The van der Waals surface area contributed by atoms with Gasteiger partial charge < -0.3 is 25.1 Å². The quantitative estimate of drug-likeness (QED) is 0.518. The number of aromatic amines is 1. The molecule has 4 rings (SSSR count). The molecule has 1 atom stereocenters. The summed E-state index contributed by atoms with van der Waals surface area (Å²) >= 11 is 0. The molecular weight excluding hydrogens is 420 g/mol. The monoisotopic (exact) mass is 448 g/mol. The van der Waals surface area contributed by atoms with Gasteiger partial charge in [-0.15, -0.1) is 5.10 Å². The van der Waals surface area contributed by atoms with Crippen molar-refractivity contribution in [2.24, 2.45) is 5.73 Å². The standard InChI is InChI=1S/C23H22N4O3.C2H6O/c1-3-12-29-18-7-5-4-6-16(18)19-17(13-24)22(25)30-23-20(19)21(26-27-23)14-8-10-15(28-2)11-9-14;1-2-3/h4-11,19H,3,12,25H2,1-2H3,(H,26,27);3H,2H2,1H3. The zero-order chi connectivity index (χ0) is 23.8. The van der Waals surface area contributed by atoms with E-state index < -0.39 is 5.92 Å². The van der Waals surface area contributed by atoms with Gasteiger partial charge >= 0.3 is 0 Å². The molecule has 4 N–H and O–H groups in total. The van der Waals surface area contributed by atoms with Gasteiger partial charge in [-0.3, -0.25) is 5.10 Å². The fourth-order valence-corrected chi connectivity index (χ4v) is 3.60. The van der Waals surface area contributed by atoms with E-state index in [2.05, 4.69) is 16.3 Å². The predicted molar refractivity (Wildman–Crippen MR) is 125 cm³/mol. The van der Waals surface area contributed by atoms with E-state index in [0.717, 1.165) is 34.6 Å². The lowest BCUT2D eigenvalue weighted by molar-refractivity contribution is 0.312. The van der Waals surface area contributed by atoms with Crippen LogP contribution in [-0.4, -0.2) is 35.6 Å². The lowest BCUT2D eigenvalue weighted by Crippen LogP contribution is -2.21. The summed E-state index contributed by atoms with van der Waals surface area (Å²) in [5.74, 6) is 1.39. The van der Waals surface area contributed by atoms with Crippen molar-refractivity contribution in [1.29, 1.82) is 5.26 Å². The molecule has 1 unspecified atom stereocenters. The highest BCUT2D eigenvalue weighted by atomic mass is 16.5. The number of aromatic nitrogens is 2. The zero-order valence-corrected chi connectivity index (χ0v) is 19.0. The molecule has 0 spiro atoms. The summed E-state index contributed by atoms with van der Waals surface area (Å²) in [6.45, 7) is 4.55. The predicted octanol–water partition coefficient (Wildman–Crippen LogP) is 4.09. The van der Waals surface area contributed by atoms with Gasteiger partial charge in [0.15, 0.2) is 0 Å². The summed E-state index contributed by atoms with van der Waals surface area (Å²) in [7, 11) is 1.62. The van der Waals surface area contributed by atoms with Crippen LogP contribution in [0.3, 0.4) is 0 Å². The third-order valence-electron chi connectivity index (χ3n) is 5.01. The summed E-state index contributed by atoms with van der Waals surface area (Å²) in [6, 6.07) is 17.5. The van der Waals surface area contributed by atoms with Gasteiger partial charge in [-0.05, 0) is 43.7 Å². The molecule has 1 aromatic heterocycles. The second-order valence-electron chi connectivity index (χ2n) is 7.17. The molecule has 2 heterocycles. The molecule has 8 heteroatoms. The maximum Gasteiger partial charge on any atom is 0.244 e. The van der Waals surface area contributed by atoms with E-state index in [-0.39, 0.29) is 12.5 Å². The van der Waals surface area contributed by atoms with Crippen molar-refractivity contribution in [3.05, 3.63) is 71.1 Å². The van der Waals surface area contributed by atoms with Gasteiger partial charge in [-0.2, -0.15) is 5.26 Å². The molecule has 3 aromatic rings. The molecule has 33 heavy (non-hydrogen) atoms. The molecule has 0 bridgehead atoms. The van der Waals surface area contributed by atoms with Gasteiger partial charge in [0.1, 0.15) is 23.1 Å². The smallest absolute Gasteiger partial charge is 0.244 e. The van der Waals surface area contributed by atoms with Crippen molar-refractivity contribution < 1.29 is 19.3 Å². The number of nitrogens with one attached hydrogen (secondary N) is 1. The first-order chi connectivity index (χ1) is 16.1. The van der Waals surface area contributed by atoms with Crippen molar-refractivity contribution in [2.75, 3.05) is 20.3 Å². The molecule has 1 aliphatic rings. The van der Waals surface area contributed by atoms with E-state index in [1.54, 1.807) is 14.0 Å². The first kappa shape index (κ1) is 23.7. The van der Waals surface area contributed by atoms with Crippen molar-refractivity contribution in [3.8, 4) is 34.7 Å². The van der Waals surface area contributed by atoms with Crippen LogP contribution in [0.4, 0.5) is 0 Å². The van der Waals surface area contributed by atoms with Crippen LogP contribution >= 0.6 is 0 Å². The number of nitrogens with zero attached hydrogens (tertiary/aromatic N) is 2. The Bertz CT molecular complexity index is 1150. The number of hydrogen-bond acceptors (Lipinski definition) is 7. The van der Waals surface area contributed by atoms with Crippen molar-refractivity contribution in [1.82, 2.24) is 10.2 Å². The molecule has 0 amide bonds. The van der Waals surface area contributed by atoms with E-state index in [1.165, 1.54) is 0 Å². The maximum atomic E-state index is 9.90. The van der Waals surface area contributed by atoms with Gasteiger partial charge in [0.25, 0.3) is 0 Å². The van der Waals surface area contributed by atoms with E-state index in [9.17, 15) is 5.26 Å². The van der Waals surface area contributed by atoms with Gasteiger partial charge in [-0.25, -0.2) is 0 Å². The summed E-state index contributed by atoms with van der Waals surface area (Å²) < 4.78 is 16.9. The van der Waals surface area contributed by atoms with Gasteiger partial charge in [0.05, 0.1) is 30.9 Å². The van der Waals surface area contributed by atoms with Crippen LogP contribution in [0.5, 0.6) is 17.4 Å². The third kappa shape index (κ3) is 4.94. The Hall–Kier alpha value is -3.96. The normalized spacial score (nSPS) is 14.3. The second kappa shape index (κ2) is 11.1. The number of H-pyrrole nitrogens is 1. The van der Waals surface area contributed by atoms with Gasteiger partial charge in [0.2, 0.25) is 11.8 Å². The number of benzene rings is 2. The lowest BCUT2D eigenvalue weighted by atomic mass is 9.82. The first-order valence-corrected chi connectivity index (χ1v) is 10.7. The van der Waals surface area contributed by atoms with Crippen LogP contribution < -0.4 is 19.9 Å². The number of para-hydroxylation sites is 1. The highest BCUT2D eigenvalue weighted by Gasteiger charge is 2.37. The SMILES string of the molecule is CCCOc1ccccc1C1C(C#N)=C(N)Oc2n[nH]c(-c3ccc(OC)cc3)c21.CCO. The lowest BCUT2D eigenvalue weighted by Gasteiger charge is -2.25. The number of ether oxygens (including phenoxy) is 3. The molecule has 0 radical (unpaired) electrons. The maximum absolute atomic E-state index is 9.90. The minimum atomic E-state index is -0.470. The topological polar surface area (TPSA) is 126 Å². The zero-order valence-electron chi connectivity index (χ0n) is 19.0. The average molecular weight is 449 g/mol. The highest BCUT2D eigenvalue weighted by molar-refractivity contribution is 5.72. The number of methoxy groups -OCH3 is 1. The molecule has 1 aliphatic heterocycles. The second-order valence-corrected chi connectivity index (χ2v) is 7.17. The van der Waals surface area contributed by atoms with Gasteiger partial charge in [0, 0.05) is 17.7 Å². The van der Waals surface area contributed by atoms with Crippen LogP contribution in [0.15, 0.2) is 60.0 Å². The van der Waals surface area contributed by atoms with Crippen LogP contribution in [0.25, 0.3) is 11.3 Å². The van der Waals surface area contributed by atoms with Crippen LogP contribution in [-0.2, 0) is 0 Å².